The van der Waals surface area contributed by atoms with E-state index in [2.05, 4.69) is 0 Å². The van der Waals surface area contributed by atoms with Gasteiger partial charge in [0.2, 0.25) is 0 Å². The molecule has 2 aromatic rings. The normalized spacial score (nSPS) is 11.8. The van der Waals surface area contributed by atoms with Gasteiger partial charge in [-0.3, -0.25) is 4.79 Å². The van der Waals surface area contributed by atoms with Crippen LogP contribution in [0, 0.1) is 0 Å². The Morgan fingerprint density at radius 2 is 1.71 bits per heavy atom. The number of hydrogen-bond donors (Lipinski definition) is 0. The number of ketones is 1. The molecule has 0 N–H and O–H groups in total. The van der Waals surface area contributed by atoms with Crippen molar-refractivity contribution in [3.63, 3.8) is 0 Å². The molecule has 0 spiro atoms. The summed E-state index contributed by atoms with van der Waals surface area (Å²) in [5, 5.41) is 0.541. The highest BCUT2D eigenvalue weighted by Crippen LogP contribution is 2.29. The second kappa shape index (κ2) is 6.14. The van der Waals surface area contributed by atoms with Crippen molar-refractivity contribution in [1.82, 2.24) is 0 Å². The number of allylic oxidation sites excluding steroid dienone is 1. The number of carbonyl (C=O) groups is 1. The SMILES string of the molecule is O=C(/C=C/c1cccc(Cl)c1)c1ccc(C(F)(F)F)cc1. The van der Waals surface area contributed by atoms with Crippen LogP contribution in [0.2, 0.25) is 5.02 Å². The zero-order valence-corrected chi connectivity index (χ0v) is 11.4. The van der Waals surface area contributed by atoms with E-state index in [0.717, 1.165) is 29.8 Å². The maximum absolute atomic E-state index is 12.4. The predicted octanol–water partition coefficient (Wildman–Crippen LogP) is 5.25. The summed E-state index contributed by atoms with van der Waals surface area (Å²) >= 11 is 5.81. The number of halogens is 4. The molecule has 0 bridgehead atoms. The van der Waals surface area contributed by atoms with Gasteiger partial charge in [0.15, 0.2) is 5.78 Å². The highest BCUT2D eigenvalue weighted by atomic mass is 35.5. The van der Waals surface area contributed by atoms with Gasteiger partial charge in [-0.05, 0) is 35.9 Å². The van der Waals surface area contributed by atoms with Crippen LogP contribution in [-0.2, 0) is 6.18 Å². The Bertz CT molecular complexity index is 673. The monoisotopic (exact) mass is 310 g/mol. The predicted molar refractivity (Wildman–Crippen MR) is 76.3 cm³/mol. The maximum atomic E-state index is 12.4. The molecule has 0 saturated carbocycles. The lowest BCUT2D eigenvalue weighted by atomic mass is 10.1. The van der Waals surface area contributed by atoms with Crippen molar-refractivity contribution in [2.45, 2.75) is 6.18 Å². The van der Waals surface area contributed by atoms with Gasteiger partial charge in [0.05, 0.1) is 5.56 Å². The van der Waals surface area contributed by atoms with Crippen molar-refractivity contribution < 1.29 is 18.0 Å². The zero-order valence-electron chi connectivity index (χ0n) is 10.7. The van der Waals surface area contributed by atoms with Crippen molar-refractivity contribution >= 4 is 23.5 Å². The molecule has 0 atom stereocenters. The molecule has 2 aromatic carbocycles. The molecule has 0 radical (unpaired) electrons. The summed E-state index contributed by atoms with van der Waals surface area (Å²) in [6.07, 6.45) is -1.54. The molecule has 1 nitrogen and oxygen atoms in total. The summed E-state index contributed by atoms with van der Waals surface area (Å²) in [7, 11) is 0. The van der Waals surface area contributed by atoms with Crippen LogP contribution in [0.3, 0.4) is 0 Å². The van der Waals surface area contributed by atoms with E-state index < -0.39 is 11.7 Å². The standard InChI is InChI=1S/C16H10ClF3O/c17-14-3-1-2-11(10-14)4-9-15(21)12-5-7-13(8-6-12)16(18,19)20/h1-10H/b9-4+. The molecule has 0 unspecified atom stereocenters. The minimum absolute atomic E-state index is 0.196. The van der Waals surface area contributed by atoms with Gasteiger partial charge >= 0.3 is 6.18 Å². The van der Waals surface area contributed by atoms with Gasteiger partial charge in [0, 0.05) is 10.6 Å². The second-order valence-electron chi connectivity index (χ2n) is 4.33. The highest BCUT2D eigenvalue weighted by molar-refractivity contribution is 6.30. The van der Waals surface area contributed by atoms with E-state index in [0.29, 0.717) is 5.02 Å². The van der Waals surface area contributed by atoms with Gasteiger partial charge < -0.3 is 0 Å². The smallest absolute Gasteiger partial charge is 0.289 e. The quantitative estimate of drug-likeness (QED) is 0.558. The van der Waals surface area contributed by atoms with E-state index >= 15 is 0 Å². The lowest BCUT2D eigenvalue weighted by Gasteiger charge is -2.06. The fourth-order valence-corrected chi connectivity index (χ4v) is 1.90. The van der Waals surface area contributed by atoms with Crippen LogP contribution < -0.4 is 0 Å². The van der Waals surface area contributed by atoms with E-state index in [9.17, 15) is 18.0 Å². The molecule has 108 valence electrons. The Kier molecular flexibility index (Phi) is 4.48. The largest absolute Gasteiger partial charge is 0.416 e. The molecule has 0 aliphatic carbocycles. The molecule has 5 heteroatoms. The van der Waals surface area contributed by atoms with Crippen LogP contribution >= 0.6 is 11.6 Å². The van der Waals surface area contributed by atoms with E-state index in [1.807, 2.05) is 0 Å². The third kappa shape index (κ3) is 4.20. The number of alkyl halides is 3. The number of benzene rings is 2. The van der Waals surface area contributed by atoms with Gasteiger partial charge in [-0.15, -0.1) is 0 Å². The van der Waals surface area contributed by atoms with E-state index in [4.69, 9.17) is 11.6 Å². The molecule has 0 heterocycles. The zero-order chi connectivity index (χ0) is 15.5. The fourth-order valence-electron chi connectivity index (χ4n) is 1.70. The number of rotatable bonds is 3. The number of carbonyl (C=O) groups excluding carboxylic acids is 1. The first kappa shape index (κ1) is 15.3. The van der Waals surface area contributed by atoms with E-state index in [1.54, 1.807) is 30.3 Å². The molecule has 0 aromatic heterocycles. The first-order chi connectivity index (χ1) is 9.86. The Balaban J connectivity index is 2.14. The molecule has 21 heavy (non-hydrogen) atoms. The van der Waals surface area contributed by atoms with Gasteiger partial charge in [0.1, 0.15) is 0 Å². The Labute approximate surface area is 124 Å². The third-order valence-electron chi connectivity index (χ3n) is 2.77. The summed E-state index contributed by atoms with van der Waals surface area (Å²) in [6.45, 7) is 0. The lowest BCUT2D eigenvalue weighted by Crippen LogP contribution is -2.05. The molecule has 2 rings (SSSR count). The van der Waals surface area contributed by atoms with Crippen LogP contribution in [0.1, 0.15) is 21.5 Å². The second-order valence-corrected chi connectivity index (χ2v) is 4.76. The summed E-state index contributed by atoms with van der Waals surface area (Å²) in [5.74, 6) is -0.372. The van der Waals surface area contributed by atoms with Crippen molar-refractivity contribution in [1.29, 1.82) is 0 Å². The fraction of sp³-hybridized carbons (Fsp3) is 0.0625. The minimum Gasteiger partial charge on any atom is -0.289 e. The van der Waals surface area contributed by atoms with Gasteiger partial charge in [-0.25, -0.2) is 0 Å². The molecule has 0 aliphatic rings. The van der Waals surface area contributed by atoms with Crippen LogP contribution in [0.25, 0.3) is 6.08 Å². The molecule has 0 amide bonds. The first-order valence-corrected chi connectivity index (χ1v) is 6.39. The van der Waals surface area contributed by atoms with E-state index in [-0.39, 0.29) is 11.3 Å². The Morgan fingerprint density at radius 3 is 2.29 bits per heavy atom. The molecule has 0 fully saturated rings. The summed E-state index contributed by atoms with van der Waals surface area (Å²) in [5.41, 5.74) is 0.155. The molecule has 0 saturated heterocycles. The Morgan fingerprint density at radius 1 is 1.05 bits per heavy atom. The first-order valence-electron chi connectivity index (χ1n) is 6.01. The molecular weight excluding hydrogens is 301 g/mol. The average molecular weight is 311 g/mol. The lowest BCUT2D eigenvalue weighted by molar-refractivity contribution is -0.137. The van der Waals surface area contributed by atoms with Gasteiger partial charge in [0.25, 0.3) is 0 Å². The maximum Gasteiger partial charge on any atom is 0.416 e. The summed E-state index contributed by atoms with van der Waals surface area (Å²) in [6, 6.07) is 11.0. The summed E-state index contributed by atoms with van der Waals surface area (Å²) in [4.78, 5) is 11.9. The van der Waals surface area contributed by atoms with E-state index in [1.165, 1.54) is 6.08 Å². The van der Waals surface area contributed by atoms with Crippen molar-refractivity contribution in [2.24, 2.45) is 0 Å². The summed E-state index contributed by atoms with van der Waals surface area (Å²) < 4.78 is 37.2. The van der Waals surface area contributed by atoms with Crippen molar-refractivity contribution in [3.8, 4) is 0 Å². The third-order valence-corrected chi connectivity index (χ3v) is 3.01. The minimum atomic E-state index is -4.40. The average Bonchev–Trinajstić information content (AvgIpc) is 2.44. The topological polar surface area (TPSA) is 17.1 Å². The van der Waals surface area contributed by atoms with Crippen molar-refractivity contribution in [3.05, 3.63) is 76.3 Å². The molecular formula is C16H10ClF3O. The highest BCUT2D eigenvalue weighted by Gasteiger charge is 2.30. The van der Waals surface area contributed by atoms with Crippen molar-refractivity contribution in [2.75, 3.05) is 0 Å². The van der Waals surface area contributed by atoms with Crippen LogP contribution in [0.15, 0.2) is 54.6 Å². The number of hydrogen-bond acceptors (Lipinski definition) is 1. The van der Waals surface area contributed by atoms with Crippen LogP contribution in [0.5, 0.6) is 0 Å². The Hall–Kier alpha value is -2.07. The van der Waals surface area contributed by atoms with Gasteiger partial charge in [-0.2, -0.15) is 13.2 Å². The molecule has 0 aliphatic heterocycles. The van der Waals surface area contributed by atoms with Crippen LogP contribution in [0.4, 0.5) is 13.2 Å². The van der Waals surface area contributed by atoms with Gasteiger partial charge in [-0.1, -0.05) is 41.9 Å². The van der Waals surface area contributed by atoms with Crippen LogP contribution in [-0.4, -0.2) is 5.78 Å².